The van der Waals surface area contributed by atoms with Crippen LogP contribution in [0.4, 0.5) is 0 Å². The Labute approximate surface area is 74.6 Å². The third-order valence-corrected chi connectivity index (χ3v) is 3.40. The van der Waals surface area contributed by atoms with E-state index in [1.165, 1.54) is 19.3 Å². The van der Waals surface area contributed by atoms with Crippen LogP contribution in [-0.2, 0) is 0 Å². The number of hydrogen-bond donors (Lipinski definition) is 0. The minimum atomic E-state index is 0.399. The zero-order valence-corrected chi connectivity index (χ0v) is 8.03. The predicted octanol–water partition coefficient (Wildman–Crippen LogP) is 3.61. The SMILES string of the molecule is C=CCCC(C)(CCl)C1CC1. The Kier molecular flexibility index (Phi) is 3.00. The molecule has 0 amide bonds. The normalized spacial score (nSPS) is 22.7. The Bertz CT molecular complexity index is 138. The number of alkyl halides is 1. The Balaban J connectivity index is 2.37. The van der Waals surface area contributed by atoms with E-state index in [1.807, 2.05) is 6.08 Å². The topological polar surface area (TPSA) is 0 Å². The lowest BCUT2D eigenvalue weighted by Gasteiger charge is -2.26. The van der Waals surface area contributed by atoms with Gasteiger partial charge >= 0.3 is 0 Å². The van der Waals surface area contributed by atoms with Gasteiger partial charge in [-0.15, -0.1) is 18.2 Å². The van der Waals surface area contributed by atoms with Crippen LogP contribution >= 0.6 is 11.6 Å². The van der Waals surface area contributed by atoms with E-state index in [1.54, 1.807) is 0 Å². The molecule has 0 aliphatic heterocycles. The summed E-state index contributed by atoms with van der Waals surface area (Å²) in [7, 11) is 0. The van der Waals surface area contributed by atoms with Crippen LogP contribution in [-0.4, -0.2) is 5.88 Å². The minimum absolute atomic E-state index is 0.399. The first-order valence-electron chi connectivity index (χ1n) is 4.40. The second-order valence-corrected chi connectivity index (χ2v) is 4.16. The highest BCUT2D eigenvalue weighted by Crippen LogP contribution is 2.48. The van der Waals surface area contributed by atoms with Gasteiger partial charge in [-0.25, -0.2) is 0 Å². The molecule has 1 aliphatic rings. The minimum Gasteiger partial charge on any atom is -0.126 e. The maximum atomic E-state index is 5.95. The van der Waals surface area contributed by atoms with Gasteiger partial charge in [0, 0.05) is 5.88 Å². The van der Waals surface area contributed by atoms with E-state index in [0.717, 1.165) is 18.2 Å². The highest BCUT2D eigenvalue weighted by molar-refractivity contribution is 6.18. The fourth-order valence-corrected chi connectivity index (χ4v) is 1.94. The molecule has 0 saturated heterocycles. The smallest absolute Gasteiger partial charge is 0.0280 e. The van der Waals surface area contributed by atoms with Crippen molar-refractivity contribution in [2.24, 2.45) is 11.3 Å². The summed E-state index contributed by atoms with van der Waals surface area (Å²) < 4.78 is 0. The van der Waals surface area contributed by atoms with Crippen LogP contribution in [0.3, 0.4) is 0 Å². The van der Waals surface area contributed by atoms with Crippen LogP contribution in [0.25, 0.3) is 0 Å². The Morgan fingerprint density at radius 2 is 2.27 bits per heavy atom. The van der Waals surface area contributed by atoms with E-state index in [9.17, 15) is 0 Å². The van der Waals surface area contributed by atoms with Gasteiger partial charge in [0.1, 0.15) is 0 Å². The highest BCUT2D eigenvalue weighted by Gasteiger charge is 2.39. The quantitative estimate of drug-likeness (QED) is 0.439. The van der Waals surface area contributed by atoms with Crippen molar-refractivity contribution in [2.75, 3.05) is 5.88 Å². The second kappa shape index (κ2) is 3.62. The van der Waals surface area contributed by atoms with Gasteiger partial charge < -0.3 is 0 Å². The largest absolute Gasteiger partial charge is 0.126 e. The lowest BCUT2D eigenvalue weighted by Crippen LogP contribution is -2.20. The van der Waals surface area contributed by atoms with E-state index in [4.69, 9.17) is 11.6 Å². The Morgan fingerprint density at radius 3 is 2.64 bits per heavy atom. The molecule has 0 N–H and O–H groups in total. The molecule has 1 rings (SSSR count). The molecule has 0 radical (unpaired) electrons. The van der Waals surface area contributed by atoms with E-state index in [2.05, 4.69) is 13.5 Å². The molecule has 64 valence electrons. The Hall–Kier alpha value is 0.0300. The third-order valence-electron chi connectivity index (χ3n) is 2.79. The second-order valence-electron chi connectivity index (χ2n) is 3.89. The lowest BCUT2D eigenvalue weighted by molar-refractivity contribution is 0.292. The number of allylic oxidation sites excluding steroid dienone is 1. The zero-order chi connectivity index (χ0) is 8.32. The van der Waals surface area contributed by atoms with Gasteiger partial charge in [0.15, 0.2) is 0 Å². The molecule has 0 aromatic rings. The van der Waals surface area contributed by atoms with Crippen molar-refractivity contribution in [3.05, 3.63) is 12.7 Å². The molecule has 0 bridgehead atoms. The van der Waals surface area contributed by atoms with Gasteiger partial charge in [-0.2, -0.15) is 0 Å². The van der Waals surface area contributed by atoms with Crippen molar-refractivity contribution in [2.45, 2.75) is 32.6 Å². The molecule has 1 unspecified atom stereocenters. The number of rotatable bonds is 5. The molecule has 0 aromatic heterocycles. The van der Waals surface area contributed by atoms with E-state index in [0.29, 0.717) is 5.41 Å². The summed E-state index contributed by atoms with van der Waals surface area (Å²) in [4.78, 5) is 0. The van der Waals surface area contributed by atoms with Crippen LogP contribution in [0.15, 0.2) is 12.7 Å². The fraction of sp³-hybridized carbons (Fsp3) is 0.800. The van der Waals surface area contributed by atoms with Gasteiger partial charge in [0.2, 0.25) is 0 Å². The lowest BCUT2D eigenvalue weighted by atomic mass is 9.82. The van der Waals surface area contributed by atoms with Crippen LogP contribution in [0.1, 0.15) is 32.6 Å². The van der Waals surface area contributed by atoms with Crippen LogP contribution in [0.5, 0.6) is 0 Å². The molecule has 11 heavy (non-hydrogen) atoms. The summed E-state index contributed by atoms with van der Waals surface area (Å²) in [5.74, 6) is 1.71. The van der Waals surface area contributed by atoms with Crippen molar-refractivity contribution in [1.29, 1.82) is 0 Å². The van der Waals surface area contributed by atoms with Gasteiger partial charge in [-0.3, -0.25) is 0 Å². The van der Waals surface area contributed by atoms with Gasteiger partial charge in [-0.05, 0) is 37.0 Å². The van der Waals surface area contributed by atoms with E-state index in [-0.39, 0.29) is 0 Å². The first kappa shape index (κ1) is 9.12. The number of halogens is 1. The van der Waals surface area contributed by atoms with Crippen LogP contribution in [0.2, 0.25) is 0 Å². The van der Waals surface area contributed by atoms with Crippen molar-refractivity contribution >= 4 is 11.6 Å². The fourth-order valence-electron chi connectivity index (χ4n) is 1.59. The molecule has 1 saturated carbocycles. The maximum Gasteiger partial charge on any atom is 0.0280 e. The summed E-state index contributed by atoms with van der Waals surface area (Å²) >= 11 is 5.95. The molecular formula is C10H17Cl. The van der Waals surface area contributed by atoms with Crippen molar-refractivity contribution in [3.8, 4) is 0 Å². The van der Waals surface area contributed by atoms with E-state index < -0.39 is 0 Å². The van der Waals surface area contributed by atoms with Crippen LogP contribution < -0.4 is 0 Å². The third kappa shape index (κ3) is 2.23. The average molecular weight is 173 g/mol. The summed E-state index contributed by atoms with van der Waals surface area (Å²) in [5.41, 5.74) is 0.399. The molecule has 1 atom stereocenters. The standard InChI is InChI=1S/C10H17Cl/c1-3-4-7-10(2,8-11)9-5-6-9/h3,9H,1,4-8H2,2H3. The molecule has 1 aliphatic carbocycles. The molecule has 1 heteroatoms. The summed E-state index contributed by atoms with van der Waals surface area (Å²) in [5, 5.41) is 0. The molecule has 0 nitrogen and oxygen atoms in total. The first-order chi connectivity index (χ1) is 5.23. The van der Waals surface area contributed by atoms with Gasteiger partial charge in [0.25, 0.3) is 0 Å². The maximum absolute atomic E-state index is 5.95. The Morgan fingerprint density at radius 1 is 1.64 bits per heavy atom. The summed E-state index contributed by atoms with van der Waals surface area (Å²) in [6.45, 7) is 6.04. The molecule has 0 heterocycles. The molecular weight excluding hydrogens is 156 g/mol. The molecule has 0 spiro atoms. The monoisotopic (exact) mass is 172 g/mol. The van der Waals surface area contributed by atoms with E-state index >= 15 is 0 Å². The summed E-state index contributed by atoms with van der Waals surface area (Å²) in [6, 6.07) is 0. The molecule has 1 fully saturated rings. The average Bonchev–Trinajstić information content (AvgIpc) is 2.82. The number of hydrogen-bond acceptors (Lipinski definition) is 0. The van der Waals surface area contributed by atoms with Crippen molar-refractivity contribution < 1.29 is 0 Å². The predicted molar refractivity (Wildman–Crippen MR) is 51.0 cm³/mol. The zero-order valence-electron chi connectivity index (χ0n) is 7.28. The van der Waals surface area contributed by atoms with Crippen molar-refractivity contribution in [1.82, 2.24) is 0 Å². The van der Waals surface area contributed by atoms with Gasteiger partial charge in [0.05, 0.1) is 0 Å². The molecule has 0 aromatic carbocycles. The van der Waals surface area contributed by atoms with Crippen LogP contribution in [0, 0.1) is 11.3 Å². The highest BCUT2D eigenvalue weighted by atomic mass is 35.5. The summed E-state index contributed by atoms with van der Waals surface area (Å²) in [6.07, 6.45) is 7.10. The first-order valence-corrected chi connectivity index (χ1v) is 4.93. The van der Waals surface area contributed by atoms with Gasteiger partial charge in [-0.1, -0.05) is 13.0 Å². The van der Waals surface area contributed by atoms with Crippen molar-refractivity contribution in [3.63, 3.8) is 0 Å².